The first-order valence-corrected chi connectivity index (χ1v) is 9.91. The average molecular weight is 344 g/mol. The molecule has 1 amide bonds. The van der Waals surface area contributed by atoms with E-state index in [1.54, 1.807) is 7.11 Å². The largest absolute Gasteiger partial charge is 0.497 e. The predicted molar refractivity (Wildman–Crippen MR) is 101 cm³/mol. The molecule has 1 unspecified atom stereocenters. The Labute approximate surface area is 151 Å². The molecule has 1 aromatic rings. The number of nitrogens with one attached hydrogen (secondary N) is 1. The summed E-state index contributed by atoms with van der Waals surface area (Å²) in [5.41, 5.74) is 1.04. The molecule has 1 aromatic carbocycles. The molecule has 25 heavy (non-hydrogen) atoms. The van der Waals surface area contributed by atoms with Crippen LogP contribution in [0.1, 0.15) is 56.9 Å². The fraction of sp³-hybridized carbons (Fsp3) is 0.667. The maximum absolute atomic E-state index is 12.4. The topological polar surface area (TPSA) is 41.6 Å². The second-order valence-corrected chi connectivity index (χ2v) is 7.57. The van der Waals surface area contributed by atoms with Crippen LogP contribution in [-0.4, -0.2) is 43.1 Å². The zero-order valence-corrected chi connectivity index (χ0v) is 15.5. The van der Waals surface area contributed by atoms with E-state index in [1.165, 1.54) is 51.5 Å². The molecule has 138 valence electrons. The Morgan fingerprint density at radius 3 is 2.48 bits per heavy atom. The highest BCUT2D eigenvalue weighted by atomic mass is 16.5. The molecule has 4 nitrogen and oxygen atoms in total. The van der Waals surface area contributed by atoms with Gasteiger partial charge in [-0.15, -0.1) is 0 Å². The van der Waals surface area contributed by atoms with E-state index in [0.717, 1.165) is 30.3 Å². The monoisotopic (exact) mass is 344 g/mol. The molecular weight excluding hydrogens is 312 g/mol. The lowest BCUT2D eigenvalue weighted by Gasteiger charge is -2.38. The number of nitrogens with zero attached hydrogens (tertiary/aromatic N) is 1. The highest BCUT2D eigenvalue weighted by Crippen LogP contribution is 2.24. The SMILES string of the molecule is COc1ccc(CC(=O)NC2CCCN(C3CCCCCC3)C2)cc1. The van der Waals surface area contributed by atoms with Gasteiger partial charge in [0.1, 0.15) is 5.75 Å². The highest BCUT2D eigenvalue weighted by molar-refractivity contribution is 5.78. The molecule has 2 aliphatic rings. The number of carbonyl (C=O) groups excluding carboxylic acids is 1. The van der Waals surface area contributed by atoms with Crippen LogP contribution in [0.5, 0.6) is 5.75 Å². The lowest BCUT2D eigenvalue weighted by molar-refractivity contribution is -0.121. The number of hydrogen-bond acceptors (Lipinski definition) is 3. The van der Waals surface area contributed by atoms with E-state index in [4.69, 9.17) is 4.74 Å². The summed E-state index contributed by atoms with van der Waals surface area (Å²) >= 11 is 0. The van der Waals surface area contributed by atoms with E-state index in [9.17, 15) is 4.79 Å². The molecule has 0 aromatic heterocycles. The summed E-state index contributed by atoms with van der Waals surface area (Å²) in [6, 6.07) is 8.81. The third kappa shape index (κ3) is 5.46. The Bertz CT molecular complexity index is 535. The van der Waals surface area contributed by atoms with E-state index >= 15 is 0 Å². The van der Waals surface area contributed by atoms with Crippen molar-refractivity contribution < 1.29 is 9.53 Å². The van der Waals surface area contributed by atoms with Crippen molar-refractivity contribution in [1.29, 1.82) is 0 Å². The van der Waals surface area contributed by atoms with Crippen molar-refractivity contribution in [2.24, 2.45) is 0 Å². The summed E-state index contributed by atoms with van der Waals surface area (Å²) in [5.74, 6) is 0.966. The number of benzene rings is 1. The summed E-state index contributed by atoms with van der Waals surface area (Å²) in [7, 11) is 1.66. The summed E-state index contributed by atoms with van der Waals surface area (Å²) in [5, 5.41) is 3.27. The Morgan fingerprint density at radius 1 is 1.08 bits per heavy atom. The first-order chi connectivity index (χ1) is 12.2. The molecule has 1 heterocycles. The minimum atomic E-state index is 0.137. The molecule has 3 rings (SSSR count). The molecule has 0 spiro atoms. The van der Waals surface area contributed by atoms with Gasteiger partial charge in [0, 0.05) is 18.6 Å². The van der Waals surface area contributed by atoms with Crippen molar-refractivity contribution in [3.8, 4) is 5.75 Å². The van der Waals surface area contributed by atoms with Gasteiger partial charge in [-0.05, 0) is 49.9 Å². The standard InChI is InChI=1S/C21H32N2O2/c1-25-20-12-10-17(11-13-20)15-21(24)22-18-7-6-14-23(16-18)19-8-4-2-3-5-9-19/h10-13,18-19H,2-9,14-16H2,1H3,(H,22,24). The molecule has 0 radical (unpaired) electrons. The first kappa shape index (κ1) is 18.2. The van der Waals surface area contributed by atoms with Gasteiger partial charge in [-0.2, -0.15) is 0 Å². The van der Waals surface area contributed by atoms with Crippen LogP contribution in [0.25, 0.3) is 0 Å². The van der Waals surface area contributed by atoms with Gasteiger partial charge in [-0.25, -0.2) is 0 Å². The Balaban J connectivity index is 1.48. The van der Waals surface area contributed by atoms with Gasteiger partial charge in [-0.3, -0.25) is 9.69 Å². The molecular formula is C21H32N2O2. The molecule has 4 heteroatoms. The van der Waals surface area contributed by atoms with Crippen LogP contribution in [0, 0.1) is 0 Å². The first-order valence-electron chi connectivity index (χ1n) is 9.91. The van der Waals surface area contributed by atoms with E-state index in [0.29, 0.717) is 12.5 Å². The molecule has 1 saturated heterocycles. The zero-order chi connectivity index (χ0) is 17.5. The Hall–Kier alpha value is -1.55. The number of rotatable bonds is 5. The van der Waals surface area contributed by atoms with E-state index < -0.39 is 0 Å². The van der Waals surface area contributed by atoms with Gasteiger partial charge < -0.3 is 10.1 Å². The summed E-state index contributed by atoms with van der Waals surface area (Å²) in [4.78, 5) is 15.1. The van der Waals surface area contributed by atoms with Crippen molar-refractivity contribution >= 4 is 5.91 Å². The van der Waals surface area contributed by atoms with E-state index in [2.05, 4.69) is 10.2 Å². The normalized spacial score (nSPS) is 23.0. The van der Waals surface area contributed by atoms with Gasteiger partial charge in [-0.1, -0.05) is 37.8 Å². The van der Waals surface area contributed by atoms with Gasteiger partial charge in [0.2, 0.25) is 5.91 Å². The minimum absolute atomic E-state index is 0.137. The number of amides is 1. The third-order valence-corrected chi connectivity index (χ3v) is 5.68. The predicted octanol–water partition coefficient (Wildman–Crippen LogP) is 3.54. The van der Waals surface area contributed by atoms with Crippen LogP contribution >= 0.6 is 0 Å². The van der Waals surface area contributed by atoms with Crippen molar-refractivity contribution in [3.63, 3.8) is 0 Å². The number of likely N-dealkylation sites (tertiary alicyclic amines) is 1. The van der Waals surface area contributed by atoms with Gasteiger partial charge in [0.25, 0.3) is 0 Å². The molecule has 1 atom stereocenters. The zero-order valence-electron chi connectivity index (χ0n) is 15.5. The molecule has 1 aliphatic carbocycles. The van der Waals surface area contributed by atoms with Gasteiger partial charge in [0.05, 0.1) is 13.5 Å². The van der Waals surface area contributed by atoms with Crippen molar-refractivity contribution in [1.82, 2.24) is 10.2 Å². The summed E-state index contributed by atoms with van der Waals surface area (Å²) in [6.07, 6.45) is 11.0. The van der Waals surface area contributed by atoms with Crippen LogP contribution in [-0.2, 0) is 11.2 Å². The van der Waals surface area contributed by atoms with Gasteiger partial charge >= 0.3 is 0 Å². The molecule has 0 bridgehead atoms. The average Bonchev–Trinajstić information content (AvgIpc) is 2.92. The van der Waals surface area contributed by atoms with Crippen molar-refractivity contribution in [3.05, 3.63) is 29.8 Å². The molecule has 1 saturated carbocycles. The number of piperidine rings is 1. The molecule has 1 aliphatic heterocycles. The fourth-order valence-electron chi connectivity index (χ4n) is 4.29. The number of methoxy groups -OCH3 is 1. The summed E-state index contributed by atoms with van der Waals surface area (Å²) in [6.45, 7) is 2.23. The number of ether oxygens (including phenoxy) is 1. The van der Waals surface area contributed by atoms with Crippen LogP contribution < -0.4 is 10.1 Å². The summed E-state index contributed by atoms with van der Waals surface area (Å²) < 4.78 is 5.17. The highest BCUT2D eigenvalue weighted by Gasteiger charge is 2.27. The number of carbonyl (C=O) groups is 1. The maximum Gasteiger partial charge on any atom is 0.224 e. The second-order valence-electron chi connectivity index (χ2n) is 7.57. The fourth-order valence-corrected chi connectivity index (χ4v) is 4.29. The maximum atomic E-state index is 12.4. The molecule has 1 N–H and O–H groups in total. The van der Waals surface area contributed by atoms with E-state index in [1.807, 2.05) is 24.3 Å². The van der Waals surface area contributed by atoms with Crippen LogP contribution in [0.4, 0.5) is 0 Å². The van der Waals surface area contributed by atoms with Crippen LogP contribution in [0.3, 0.4) is 0 Å². The Morgan fingerprint density at radius 2 is 1.80 bits per heavy atom. The van der Waals surface area contributed by atoms with Crippen LogP contribution in [0.15, 0.2) is 24.3 Å². The lowest BCUT2D eigenvalue weighted by atomic mass is 9.99. The smallest absolute Gasteiger partial charge is 0.224 e. The third-order valence-electron chi connectivity index (χ3n) is 5.68. The molecule has 2 fully saturated rings. The van der Waals surface area contributed by atoms with Crippen molar-refractivity contribution in [2.75, 3.05) is 20.2 Å². The van der Waals surface area contributed by atoms with Crippen LogP contribution in [0.2, 0.25) is 0 Å². The van der Waals surface area contributed by atoms with Gasteiger partial charge in [0.15, 0.2) is 0 Å². The van der Waals surface area contributed by atoms with Crippen molar-refractivity contribution in [2.45, 2.75) is 69.9 Å². The minimum Gasteiger partial charge on any atom is -0.497 e. The number of hydrogen-bond donors (Lipinski definition) is 1. The quantitative estimate of drug-likeness (QED) is 0.831. The Kier molecular flexibility index (Phi) is 6.74. The lowest BCUT2D eigenvalue weighted by Crippen LogP contribution is -2.51. The second kappa shape index (κ2) is 9.23. The van der Waals surface area contributed by atoms with E-state index in [-0.39, 0.29) is 5.91 Å².